The van der Waals surface area contributed by atoms with Crippen molar-refractivity contribution in [3.8, 4) is 22.8 Å². The Morgan fingerprint density at radius 3 is 2.95 bits per heavy atom. The van der Waals surface area contributed by atoms with Crippen molar-refractivity contribution >= 4 is 22.6 Å². The zero-order valence-corrected chi connectivity index (χ0v) is 11.1. The van der Waals surface area contributed by atoms with Crippen LogP contribution in [0.4, 0.5) is 0 Å². The van der Waals surface area contributed by atoms with Gasteiger partial charge < -0.3 is 9.47 Å². The Labute approximate surface area is 117 Å². The molecule has 0 bridgehead atoms. The van der Waals surface area contributed by atoms with Crippen molar-refractivity contribution in [2.45, 2.75) is 0 Å². The van der Waals surface area contributed by atoms with Crippen LogP contribution in [-0.2, 0) is 0 Å². The molecule has 4 rings (SSSR count). The minimum Gasteiger partial charge on any atom is -0.486 e. The molecule has 0 aliphatic carbocycles. The number of carbonyl (C=O) groups excluding carboxylic acids is 1. The van der Waals surface area contributed by atoms with Gasteiger partial charge in [-0.05, 0) is 18.2 Å². The summed E-state index contributed by atoms with van der Waals surface area (Å²) < 4.78 is 12.6. The highest BCUT2D eigenvalue weighted by atomic mass is 32.1. The molecule has 0 saturated carbocycles. The lowest BCUT2D eigenvalue weighted by atomic mass is 10.1. The Kier molecular flexibility index (Phi) is 2.46. The van der Waals surface area contributed by atoms with E-state index in [9.17, 15) is 4.79 Å². The summed E-state index contributed by atoms with van der Waals surface area (Å²) in [5.41, 5.74) is 3.52. The van der Waals surface area contributed by atoms with Crippen LogP contribution in [0.15, 0.2) is 23.7 Å². The Hall–Kier alpha value is -2.41. The summed E-state index contributed by atoms with van der Waals surface area (Å²) in [5, 5.41) is 4.11. The summed E-state index contributed by atoms with van der Waals surface area (Å²) in [6.07, 6.45) is 0.770. The summed E-state index contributed by atoms with van der Waals surface area (Å²) in [6, 6.07) is 5.54. The van der Waals surface area contributed by atoms with Crippen molar-refractivity contribution < 1.29 is 14.3 Å². The van der Waals surface area contributed by atoms with E-state index in [0.717, 1.165) is 11.8 Å². The van der Waals surface area contributed by atoms with E-state index in [1.165, 1.54) is 11.3 Å². The average molecular weight is 287 g/mol. The first kappa shape index (κ1) is 11.4. The molecule has 3 heterocycles. The molecule has 2 aromatic heterocycles. The molecule has 0 amide bonds. The topological polar surface area (TPSA) is 65.7 Å². The molecule has 3 aromatic rings. The van der Waals surface area contributed by atoms with Crippen molar-refractivity contribution in [1.29, 1.82) is 0 Å². The predicted octanol–water partition coefficient (Wildman–Crippen LogP) is 2.04. The molecule has 1 aliphatic rings. The lowest BCUT2D eigenvalue weighted by Gasteiger charge is -2.18. The van der Waals surface area contributed by atoms with Crippen LogP contribution in [0.5, 0.6) is 11.5 Å². The number of nitrogens with zero attached hydrogens (tertiary/aromatic N) is 3. The molecule has 0 atom stereocenters. The number of hydrogen-bond acceptors (Lipinski definition) is 6. The maximum atomic E-state index is 11.3. The van der Waals surface area contributed by atoms with Crippen molar-refractivity contribution in [2.75, 3.05) is 13.2 Å². The van der Waals surface area contributed by atoms with Gasteiger partial charge in [0.25, 0.3) is 0 Å². The molecule has 0 N–H and O–H groups in total. The van der Waals surface area contributed by atoms with Crippen LogP contribution in [0, 0.1) is 0 Å². The van der Waals surface area contributed by atoms with Crippen LogP contribution in [0.2, 0.25) is 0 Å². The summed E-state index contributed by atoms with van der Waals surface area (Å²) in [6.45, 7) is 1.08. The highest BCUT2D eigenvalue weighted by molar-refractivity contribution is 7.14. The smallest absolute Gasteiger partial charge is 0.213 e. The summed E-state index contributed by atoms with van der Waals surface area (Å²) in [4.78, 5) is 16.5. The van der Waals surface area contributed by atoms with Gasteiger partial charge in [-0.1, -0.05) is 11.3 Å². The normalized spacial score (nSPS) is 13.6. The molecule has 6 nitrogen and oxygen atoms in total. The lowest BCUT2D eigenvalue weighted by molar-refractivity contribution is 0.111. The molecular formula is C13H9N3O3S. The van der Waals surface area contributed by atoms with E-state index in [1.54, 1.807) is 10.0 Å². The quantitative estimate of drug-likeness (QED) is 0.675. The third-order valence-electron chi connectivity index (χ3n) is 3.11. The highest BCUT2D eigenvalue weighted by Gasteiger charge is 2.18. The van der Waals surface area contributed by atoms with Gasteiger partial charge >= 0.3 is 0 Å². The number of aromatic nitrogens is 3. The van der Waals surface area contributed by atoms with Gasteiger partial charge in [-0.25, -0.2) is 4.98 Å². The number of benzene rings is 1. The highest BCUT2D eigenvalue weighted by Crippen LogP contribution is 2.35. The zero-order chi connectivity index (χ0) is 13.5. The van der Waals surface area contributed by atoms with Crippen LogP contribution in [-0.4, -0.2) is 34.1 Å². The molecule has 0 spiro atoms. The molecular weight excluding hydrogens is 278 g/mol. The Morgan fingerprint density at radius 1 is 1.25 bits per heavy atom. The lowest BCUT2D eigenvalue weighted by Crippen LogP contribution is -2.15. The van der Waals surface area contributed by atoms with Gasteiger partial charge in [-0.2, -0.15) is 9.61 Å². The fraction of sp³-hybridized carbons (Fsp3) is 0.154. The Balaban J connectivity index is 1.90. The number of rotatable bonds is 2. The van der Waals surface area contributed by atoms with Crippen molar-refractivity contribution in [3.05, 3.63) is 29.4 Å². The number of fused-ring (bicyclic) bond motifs is 2. The van der Waals surface area contributed by atoms with Gasteiger partial charge in [0.1, 0.15) is 30.1 Å². The molecule has 7 heteroatoms. The van der Waals surface area contributed by atoms with E-state index < -0.39 is 0 Å². The molecule has 20 heavy (non-hydrogen) atoms. The Morgan fingerprint density at radius 2 is 2.10 bits per heavy atom. The van der Waals surface area contributed by atoms with E-state index in [0.29, 0.717) is 41.1 Å². The monoisotopic (exact) mass is 287 g/mol. The van der Waals surface area contributed by atoms with Gasteiger partial charge in [0.2, 0.25) is 4.96 Å². The van der Waals surface area contributed by atoms with Gasteiger partial charge in [0, 0.05) is 5.56 Å². The van der Waals surface area contributed by atoms with E-state index in [4.69, 9.17) is 9.47 Å². The molecule has 0 unspecified atom stereocenters. The number of aldehydes is 1. The van der Waals surface area contributed by atoms with Crippen LogP contribution >= 0.6 is 11.3 Å². The largest absolute Gasteiger partial charge is 0.486 e. The van der Waals surface area contributed by atoms with Crippen LogP contribution in [0.3, 0.4) is 0 Å². The first-order valence-corrected chi connectivity index (χ1v) is 6.92. The van der Waals surface area contributed by atoms with E-state index >= 15 is 0 Å². The third kappa shape index (κ3) is 1.60. The van der Waals surface area contributed by atoms with Gasteiger partial charge in [-0.15, -0.1) is 0 Å². The standard InChI is InChI=1S/C13H9N3O3S/c17-6-9-12(15-13-16(9)14-7-20-13)8-1-2-10-11(5-8)19-4-3-18-10/h1-2,5-7H,3-4H2. The minimum absolute atomic E-state index is 0.443. The summed E-state index contributed by atoms with van der Waals surface area (Å²) >= 11 is 1.39. The van der Waals surface area contributed by atoms with Crippen LogP contribution in [0.25, 0.3) is 16.2 Å². The SMILES string of the molecule is O=Cc1c(-c2ccc3c(c2)OCCO3)nc2scnn12. The molecule has 1 aliphatic heterocycles. The molecule has 0 radical (unpaired) electrons. The number of imidazole rings is 1. The van der Waals surface area contributed by atoms with Crippen LogP contribution in [0.1, 0.15) is 10.5 Å². The first-order valence-electron chi connectivity index (χ1n) is 6.04. The second kappa shape index (κ2) is 4.31. The van der Waals surface area contributed by atoms with E-state index in [-0.39, 0.29) is 0 Å². The third-order valence-corrected chi connectivity index (χ3v) is 3.78. The number of ether oxygens (including phenoxy) is 2. The van der Waals surface area contributed by atoms with Gasteiger partial charge in [0.05, 0.1) is 0 Å². The van der Waals surface area contributed by atoms with Crippen molar-refractivity contribution in [3.63, 3.8) is 0 Å². The molecule has 100 valence electrons. The second-order valence-electron chi connectivity index (χ2n) is 4.26. The van der Waals surface area contributed by atoms with Gasteiger partial charge in [-0.3, -0.25) is 4.79 Å². The van der Waals surface area contributed by atoms with Crippen molar-refractivity contribution in [1.82, 2.24) is 14.6 Å². The average Bonchev–Trinajstić information content (AvgIpc) is 3.07. The summed E-state index contributed by atoms with van der Waals surface area (Å²) in [7, 11) is 0. The molecule has 0 saturated heterocycles. The Bertz CT molecular complexity index is 808. The zero-order valence-electron chi connectivity index (χ0n) is 10.3. The predicted molar refractivity (Wildman–Crippen MR) is 72.7 cm³/mol. The van der Waals surface area contributed by atoms with E-state index in [2.05, 4.69) is 10.1 Å². The maximum absolute atomic E-state index is 11.3. The maximum Gasteiger partial charge on any atom is 0.213 e. The fourth-order valence-electron chi connectivity index (χ4n) is 2.22. The number of hydrogen-bond donors (Lipinski definition) is 0. The summed E-state index contributed by atoms with van der Waals surface area (Å²) in [5.74, 6) is 1.39. The minimum atomic E-state index is 0.443. The fourth-order valence-corrected chi connectivity index (χ4v) is 2.84. The molecule has 0 fully saturated rings. The molecule has 1 aromatic carbocycles. The van der Waals surface area contributed by atoms with E-state index in [1.807, 2.05) is 18.2 Å². The second-order valence-corrected chi connectivity index (χ2v) is 5.07. The van der Waals surface area contributed by atoms with Crippen molar-refractivity contribution in [2.24, 2.45) is 0 Å². The van der Waals surface area contributed by atoms with Crippen LogP contribution < -0.4 is 9.47 Å². The van der Waals surface area contributed by atoms with Gasteiger partial charge in [0.15, 0.2) is 17.8 Å². The first-order chi connectivity index (χ1) is 9.86. The number of carbonyl (C=O) groups is 1.